The van der Waals surface area contributed by atoms with Gasteiger partial charge in [-0.2, -0.15) is 0 Å². The Bertz CT molecular complexity index is 4230. The fraction of sp³-hybridized carbons (Fsp3) is 0.0857. The van der Waals surface area contributed by atoms with Gasteiger partial charge in [0.1, 0.15) is 0 Å². The van der Waals surface area contributed by atoms with Gasteiger partial charge in [-0.1, -0.05) is 190 Å². The highest BCUT2D eigenvalue weighted by Crippen LogP contribution is 2.65. The molecule has 3 aliphatic rings. The number of hydrogen-bond acceptors (Lipinski definition) is 2. The Labute approximate surface area is 429 Å². The summed E-state index contributed by atoms with van der Waals surface area (Å²) < 4.78 is 4.85. The van der Waals surface area contributed by atoms with Gasteiger partial charge in [-0.05, 0) is 122 Å². The number of aryl methyl sites for hydroxylation is 2. The number of para-hydroxylation sites is 4. The molecule has 0 saturated heterocycles. The Balaban J connectivity index is 1.07. The zero-order valence-corrected chi connectivity index (χ0v) is 41.1. The molecule has 16 rings (SSSR count). The number of nitrogens with zero attached hydrogens (tertiary/aromatic N) is 4. The highest BCUT2D eigenvalue weighted by atomic mass is 15.0. The van der Waals surface area contributed by atoms with Crippen LogP contribution >= 0.6 is 0 Å². The number of rotatable bonds is 6. The van der Waals surface area contributed by atoms with Crippen LogP contribution in [0.3, 0.4) is 0 Å². The third-order valence-electron chi connectivity index (χ3n) is 17.3. The Morgan fingerprint density at radius 3 is 1.12 bits per heavy atom. The second-order valence-electron chi connectivity index (χ2n) is 20.5. The Morgan fingerprint density at radius 2 is 0.676 bits per heavy atom. The highest BCUT2D eigenvalue weighted by molar-refractivity contribution is 6.10. The van der Waals surface area contributed by atoms with Crippen molar-refractivity contribution >= 4 is 43.6 Å². The van der Waals surface area contributed by atoms with E-state index in [2.05, 4.69) is 254 Å². The minimum atomic E-state index is -0.850. The van der Waals surface area contributed by atoms with Gasteiger partial charge in [0.05, 0.1) is 68.1 Å². The van der Waals surface area contributed by atoms with Crippen LogP contribution in [0.1, 0.15) is 69.5 Å². The summed E-state index contributed by atoms with van der Waals surface area (Å²) in [4.78, 5) is 11.3. The molecule has 4 nitrogen and oxygen atoms in total. The summed E-state index contributed by atoms with van der Waals surface area (Å²) >= 11 is 0. The predicted octanol–water partition coefficient (Wildman–Crippen LogP) is 16.5. The van der Waals surface area contributed by atoms with Crippen LogP contribution in [-0.2, 0) is 23.7 Å². The lowest BCUT2D eigenvalue weighted by molar-refractivity contribution is 0.732. The van der Waals surface area contributed by atoms with E-state index in [4.69, 9.17) is 9.97 Å². The molecule has 4 heteroatoms. The summed E-state index contributed by atoms with van der Waals surface area (Å²) in [7, 11) is 0. The van der Waals surface area contributed by atoms with Crippen LogP contribution in [0.4, 0.5) is 0 Å². The quantitative estimate of drug-likeness (QED) is 0.166. The van der Waals surface area contributed by atoms with Gasteiger partial charge in [-0.3, -0.25) is 9.97 Å². The van der Waals surface area contributed by atoms with E-state index in [0.717, 1.165) is 68.8 Å². The maximum Gasteiger partial charge on any atom is 0.0939 e. The monoisotopic (exact) mass is 944 g/mol. The van der Waals surface area contributed by atoms with Crippen molar-refractivity contribution in [2.75, 3.05) is 0 Å². The third-order valence-corrected chi connectivity index (χ3v) is 17.3. The molecule has 13 aromatic rings. The van der Waals surface area contributed by atoms with Crippen LogP contribution in [-0.4, -0.2) is 19.1 Å². The molecule has 0 saturated carbocycles. The average molecular weight is 945 g/mol. The minimum Gasteiger partial charge on any atom is -0.308 e. The fourth-order valence-electron chi connectivity index (χ4n) is 14.4. The van der Waals surface area contributed by atoms with E-state index in [9.17, 15) is 0 Å². The number of benzene rings is 9. The van der Waals surface area contributed by atoms with E-state index >= 15 is 0 Å². The first-order chi connectivity index (χ1) is 36.6. The van der Waals surface area contributed by atoms with Crippen molar-refractivity contribution in [1.29, 1.82) is 0 Å². The van der Waals surface area contributed by atoms with Crippen molar-refractivity contribution < 1.29 is 0 Å². The molecular formula is C70H48N4. The molecule has 0 unspecified atom stereocenters. The second kappa shape index (κ2) is 15.2. The molecule has 0 fully saturated rings. The van der Waals surface area contributed by atoms with Gasteiger partial charge in [0.15, 0.2) is 0 Å². The average Bonchev–Trinajstić information content (AvgIpc) is 4.38. The van der Waals surface area contributed by atoms with E-state index in [1.807, 2.05) is 0 Å². The van der Waals surface area contributed by atoms with Crippen molar-refractivity contribution in [2.24, 2.45) is 0 Å². The van der Waals surface area contributed by atoms with Crippen molar-refractivity contribution in [3.05, 3.63) is 286 Å². The molecule has 0 amide bonds. The summed E-state index contributed by atoms with van der Waals surface area (Å²) in [6.45, 7) is 4.66. The number of pyridine rings is 2. The van der Waals surface area contributed by atoms with Gasteiger partial charge >= 0.3 is 0 Å². The second-order valence-corrected chi connectivity index (χ2v) is 20.5. The first-order valence-electron chi connectivity index (χ1n) is 26.2. The van der Waals surface area contributed by atoms with E-state index in [-0.39, 0.29) is 0 Å². The van der Waals surface area contributed by atoms with Crippen LogP contribution in [0.2, 0.25) is 0 Å². The summed E-state index contributed by atoms with van der Waals surface area (Å²) in [6, 6.07) is 82.1. The van der Waals surface area contributed by atoms with Crippen LogP contribution in [0, 0.1) is 0 Å². The van der Waals surface area contributed by atoms with Crippen molar-refractivity contribution in [3.8, 4) is 45.0 Å². The number of hydrogen-bond donors (Lipinski definition) is 0. The molecule has 0 aliphatic heterocycles. The maximum absolute atomic E-state index is 5.65. The first-order valence-corrected chi connectivity index (χ1v) is 26.2. The molecule has 74 heavy (non-hydrogen) atoms. The normalized spacial score (nSPS) is 14.1. The van der Waals surface area contributed by atoms with E-state index in [1.165, 1.54) is 88.3 Å². The van der Waals surface area contributed by atoms with Crippen molar-refractivity contribution in [3.63, 3.8) is 0 Å². The molecule has 0 radical (unpaired) electrons. The van der Waals surface area contributed by atoms with Gasteiger partial charge < -0.3 is 9.13 Å². The summed E-state index contributed by atoms with van der Waals surface area (Å²) in [6.07, 6.45) is 5.85. The van der Waals surface area contributed by atoms with Gasteiger partial charge in [0, 0.05) is 32.7 Å². The standard InChI is InChI=1S/C70H48N4/c1-3-43-21-5-13-29-55(43)69(59-40-54-49-24-8-16-32-58(49)70(60(54)37-44(59)4-2)56-30-14-6-22-47(56)48-23-7-15-31-57(48)70)61-38-45(73-63-33-17-9-25-50(63)51-26-10-18-34-64(51)73)41-71-67(61)68-62(69)39-46(42-72-68)74-65-35-19-11-27-52(65)53-28-12-20-36-66(53)74/h5-42H,3-4H2,1-2H3. The lowest BCUT2D eigenvalue weighted by atomic mass is 9.63. The third kappa shape index (κ3) is 5.12. The lowest BCUT2D eigenvalue weighted by Crippen LogP contribution is -2.32. The SMILES string of the molecule is CCc1ccccc1C1(c2cc3c(cc2CC)C2(c4ccccc4-c4ccccc42)c2ccccc2-3)c2cc(-n3c4ccccc4c4ccccc43)cnc2-c2ncc(-n3c4ccccc4c4ccccc43)cc21. The summed E-state index contributed by atoms with van der Waals surface area (Å²) in [5.74, 6) is 0. The maximum atomic E-state index is 5.65. The molecule has 9 aromatic carbocycles. The molecule has 3 aliphatic carbocycles. The predicted molar refractivity (Wildman–Crippen MR) is 303 cm³/mol. The first kappa shape index (κ1) is 41.5. The van der Waals surface area contributed by atoms with Crippen LogP contribution in [0.5, 0.6) is 0 Å². The van der Waals surface area contributed by atoms with Crippen LogP contribution in [0.25, 0.3) is 88.6 Å². The zero-order chi connectivity index (χ0) is 48.9. The molecule has 0 bridgehead atoms. The fourth-order valence-corrected chi connectivity index (χ4v) is 14.4. The smallest absolute Gasteiger partial charge is 0.0939 e. The lowest BCUT2D eigenvalue weighted by Gasteiger charge is -2.38. The minimum absolute atomic E-state index is 0.474. The van der Waals surface area contributed by atoms with Gasteiger partial charge in [0.25, 0.3) is 0 Å². The zero-order valence-electron chi connectivity index (χ0n) is 41.1. The van der Waals surface area contributed by atoms with E-state index in [0.29, 0.717) is 0 Å². The Kier molecular flexibility index (Phi) is 8.53. The summed E-state index contributed by atoms with van der Waals surface area (Å²) in [5, 5.41) is 4.89. The van der Waals surface area contributed by atoms with E-state index < -0.39 is 10.8 Å². The molecule has 4 heterocycles. The van der Waals surface area contributed by atoms with E-state index in [1.54, 1.807) is 0 Å². The van der Waals surface area contributed by atoms with Crippen molar-refractivity contribution in [2.45, 2.75) is 37.5 Å². The van der Waals surface area contributed by atoms with Gasteiger partial charge in [0.2, 0.25) is 0 Å². The Hall–Kier alpha value is -9.12. The number of aromatic nitrogens is 4. The van der Waals surface area contributed by atoms with Crippen molar-refractivity contribution in [1.82, 2.24) is 19.1 Å². The molecule has 348 valence electrons. The summed E-state index contributed by atoms with van der Waals surface area (Å²) in [5.41, 5.74) is 25.2. The van der Waals surface area contributed by atoms with Crippen LogP contribution < -0.4 is 0 Å². The van der Waals surface area contributed by atoms with Crippen LogP contribution in [0.15, 0.2) is 231 Å². The van der Waals surface area contributed by atoms with Gasteiger partial charge in [-0.15, -0.1) is 0 Å². The molecular weight excluding hydrogens is 897 g/mol. The molecule has 0 N–H and O–H groups in total. The Morgan fingerprint density at radius 1 is 0.311 bits per heavy atom. The highest BCUT2D eigenvalue weighted by Gasteiger charge is 2.55. The topological polar surface area (TPSA) is 35.6 Å². The molecule has 1 spiro atoms. The molecule has 0 atom stereocenters. The largest absolute Gasteiger partial charge is 0.308 e. The van der Waals surface area contributed by atoms with Gasteiger partial charge in [-0.25, -0.2) is 0 Å². The number of fused-ring (bicyclic) bond motifs is 19. The molecule has 4 aromatic heterocycles.